The Morgan fingerprint density at radius 2 is 2.12 bits per heavy atom. The van der Waals surface area contributed by atoms with Crippen molar-refractivity contribution < 1.29 is 29.3 Å². The summed E-state index contributed by atoms with van der Waals surface area (Å²) in [7, 11) is 0. The topological polar surface area (TPSA) is 93.1 Å². The van der Waals surface area contributed by atoms with Crippen LogP contribution < -0.4 is 0 Å². The number of allylic oxidation sites excluding steroid dienone is 1. The van der Waals surface area contributed by atoms with E-state index in [9.17, 15) is 19.8 Å². The molecule has 0 aromatic carbocycles. The number of aliphatic hydroxyl groups is 2. The highest BCUT2D eigenvalue weighted by molar-refractivity contribution is 5.92. The third-order valence-corrected chi connectivity index (χ3v) is 6.16. The third-order valence-electron chi connectivity index (χ3n) is 6.16. The van der Waals surface area contributed by atoms with Gasteiger partial charge in [0.2, 0.25) is 0 Å². The Kier molecular flexibility index (Phi) is 4.61. The molecule has 6 atom stereocenters. The summed E-state index contributed by atoms with van der Waals surface area (Å²) in [6.07, 6.45) is -1.20. The first-order valence-electron chi connectivity index (χ1n) is 8.93. The fourth-order valence-corrected chi connectivity index (χ4v) is 4.57. The summed E-state index contributed by atoms with van der Waals surface area (Å²) in [5, 5.41) is 20.3. The van der Waals surface area contributed by atoms with Gasteiger partial charge < -0.3 is 19.7 Å². The van der Waals surface area contributed by atoms with Crippen molar-refractivity contribution in [2.75, 3.05) is 0 Å². The van der Waals surface area contributed by atoms with Crippen molar-refractivity contribution in [3.05, 3.63) is 35.5 Å². The second-order valence-corrected chi connectivity index (χ2v) is 7.89. The highest BCUT2D eigenvalue weighted by Gasteiger charge is 2.59. The zero-order valence-electron chi connectivity index (χ0n) is 15.4. The van der Waals surface area contributed by atoms with Gasteiger partial charge in [-0.05, 0) is 38.7 Å². The largest absolute Gasteiger partial charge is 0.458 e. The molecule has 0 amide bonds. The van der Waals surface area contributed by atoms with Gasteiger partial charge in [0.05, 0.1) is 23.7 Å². The highest BCUT2D eigenvalue weighted by atomic mass is 16.6. The van der Waals surface area contributed by atoms with Crippen LogP contribution in [0.2, 0.25) is 0 Å². The van der Waals surface area contributed by atoms with E-state index in [1.165, 1.54) is 6.92 Å². The lowest BCUT2D eigenvalue weighted by Gasteiger charge is -2.50. The monoisotopic (exact) mass is 362 g/mol. The predicted octanol–water partition coefficient (Wildman–Crippen LogP) is 1.81. The lowest BCUT2D eigenvalue weighted by atomic mass is 9.58. The number of rotatable bonds is 3. The van der Waals surface area contributed by atoms with Gasteiger partial charge in [-0.15, -0.1) is 0 Å². The lowest BCUT2D eigenvalue weighted by Crippen LogP contribution is -2.53. The third kappa shape index (κ3) is 2.72. The molecule has 1 saturated heterocycles. The number of hydrogen-bond acceptors (Lipinski definition) is 6. The molecular weight excluding hydrogens is 336 g/mol. The van der Waals surface area contributed by atoms with Gasteiger partial charge in [-0.1, -0.05) is 25.7 Å². The van der Waals surface area contributed by atoms with Crippen LogP contribution in [-0.2, 0) is 19.1 Å². The van der Waals surface area contributed by atoms with Crippen LogP contribution >= 0.6 is 0 Å². The molecule has 3 aliphatic rings. The summed E-state index contributed by atoms with van der Waals surface area (Å²) in [5.74, 6) is -1.70. The number of ether oxygens (including phenoxy) is 2. The fraction of sp³-hybridized carbons (Fsp3) is 0.600. The molecule has 2 fully saturated rings. The number of fused-ring (bicyclic) bond motifs is 3. The number of esters is 2. The molecule has 0 aromatic heterocycles. The molecule has 0 bridgehead atoms. The predicted molar refractivity (Wildman–Crippen MR) is 93.9 cm³/mol. The average Bonchev–Trinajstić information content (AvgIpc) is 2.85. The maximum absolute atomic E-state index is 12.3. The van der Waals surface area contributed by atoms with Crippen LogP contribution in [0.15, 0.2) is 35.5 Å². The van der Waals surface area contributed by atoms with Crippen LogP contribution in [0.25, 0.3) is 0 Å². The van der Waals surface area contributed by atoms with Gasteiger partial charge in [0.25, 0.3) is 0 Å². The molecule has 0 unspecified atom stereocenters. The van der Waals surface area contributed by atoms with Gasteiger partial charge in [-0.3, -0.25) is 0 Å². The number of hydrogen-bond donors (Lipinski definition) is 2. The summed E-state index contributed by atoms with van der Waals surface area (Å²) in [5.41, 5.74) is 1.61. The molecule has 1 aliphatic heterocycles. The van der Waals surface area contributed by atoms with E-state index in [4.69, 9.17) is 9.47 Å². The average molecular weight is 362 g/mol. The van der Waals surface area contributed by atoms with Crippen LogP contribution in [0.5, 0.6) is 0 Å². The van der Waals surface area contributed by atoms with E-state index in [0.29, 0.717) is 12.8 Å². The van der Waals surface area contributed by atoms with Gasteiger partial charge >= 0.3 is 11.9 Å². The molecule has 6 nitrogen and oxygen atoms in total. The van der Waals surface area contributed by atoms with Crippen molar-refractivity contribution in [3.8, 4) is 0 Å². The number of carbonyl (C=O) groups excluding carboxylic acids is 2. The van der Waals surface area contributed by atoms with Gasteiger partial charge in [0, 0.05) is 11.0 Å². The Hall–Kier alpha value is -1.92. The zero-order chi connectivity index (χ0) is 19.4. The fourth-order valence-electron chi connectivity index (χ4n) is 4.57. The van der Waals surface area contributed by atoms with Gasteiger partial charge in [0.1, 0.15) is 12.2 Å². The molecule has 142 valence electrons. The maximum Gasteiger partial charge on any atom is 0.336 e. The minimum Gasteiger partial charge on any atom is -0.458 e. The molecular formula is C20H26O6. The summed E-state index contributed by atoms with van der Waals surface area (Å²) in [4.78, 5) is 24.5. The summed E-state index contributed by atoms with van der Waals surface area (Å²) < 4.78 is 11.2. The molecule has 26 heavy (non-hydrogen) atoms. The number of aliphatic hydroxyl groups excluding tert-OH is 2. The van der Waals surface area contributed by atoms with Crippen LogP contribution in [0.4, 0.5) is 0 Å². The highest BCUT2D eigenvalue weighted by Crippen LogP contribution is 2.56. The SMILES string of the molecule is C=C1C(=O)O[C@@H]2C3=C(C)CC[C@@H](O)[C@]3(C)C[C@@H](OC(=O)C(=C)[C@@H](C)O)[C@@H]12. The Labute approximate surface area is 153 Å². The van der Waals surface area contributed by atoms with Crippen LogP contribution in [-0.4, -0.2) is 46.6 Å². The smallest absolute Gasteiger partial charge is 0.336 e. The van der Waals surface area contributed by atoms with E-state index >= 15 is 0 Å². The van der Waals surface area contributed by atoms with E-state index in [0.717, 1.165) is 17.6 Å². The van der Waals surface area contributed by atoms with E-state index in [2.05, 4.69) is 13.2 Å². The minimum atomic E-state index is -1.03. The molecule has 0 spiro atoms. The first-order valence-corrected chi connectivity index (χ1v) is 8.93. The molecule has 0 aromatic rings. The molecule has 3 rings (SSSR count). The van der Waals surface area contributed by atoms with E-state index in [1.807, 2.05) is 13.8 Å². The summed E-state index contributed by atoms with van der Waals surface area (Å²) >= 11 is 0. The first kappa shape index (κ1) is 18.9. The van der Waals surface area contributed by atoms with Crippen molar-refractivity contribution in [1.29, 1.82) is 0 Å². The van der Waals surface area contributed by atoms with E-state index in [1.54, 1.807) is 0 Å². The van der Waals surface area contributed by atoms with Crippen molar-refractivity contribution >= 4 is 11.9 Å². The van der Waals surface area contributed by atoms with Crippen molar-refractivity contribution in [1.82, 2.24) is 0 Å². The zero-order valence-corrected chi connectivity index (χ0v) is 15.4. The quantitative estimate of drug-likeness (QED) is 0.452. The molecule has 2 N–H and O–H groups in total. The number of carbonyl (C=O) groups is 2. The Morgan fingerprint density at radius 1 is 1.46 bits per heavy atom. The molecule has 0 radical (unpaired) electrons. The lowest BCUT2D eigenvalue weighted by molar-refractivity contribution is -0.156. The van der Waals surface area contributed by atoms with Crippen molar-refractivity contribution in [3.63, 3.8) is 0 Å². The van der Waals surface area contributed by atoms with Crippen LogP contribution in [0.3, 0.4) is 0 Å². The Bertz CT molecular complexity index is 718. The molecule has 6 heteroatoms. The molecule has 1 heterocycles. The van der Waals surface area contributed by atoms with Gasteiger partial charge in [-0.25, -0.2) is 9.59 Å². The minimum absolute atomic E-state index is 0.0516. The standard InChI is InChI=1S/C20H26O6/c1-9-6-7-14(22)20(5)8-13(25-18(23)10(2)12(4)21)15-11(3)19(24)26-17(15)16(9)20/h12-15,17,21-22H,2-3,6-8H2,1,4-5H3/t12-,13-,14-,15-,17+,20+/m1/s1. The second-order valence-electron chi connectivity index (χ2n) is 7.89. The first-order chi connectivity index (χ1) is 12.1. The molecule has 2 aliphatic carbocycles. The van der Waals surface area contributed by atoms with Crippen molar-refractivity contribution in [2.45, 2.75) is 64.4 Å². The van der Waals surface area contributed by atoms with Crippen LogP contribution in [0, 0.1) is 11.3 Å². The van der Waals surface area contributed by atoms with Crippen LogP contribution in [0.1, 0.15) is 40.0 Å². The van der Waals surface area contributed by atoms with Gasteiger partial charge in [0.15, 0.2) is 0 Å². The summed E-state index contributed by atoms with van der Waals surface area (Å²) in [6.45, 7) is 12.7. The van der Waals surface area contributed by atoms with E-state index in [-0.39, 0.29) is 11.1 Å². The van der Waals surface area contributed by atoms with Gasteiger partial charge in [-0.2, -0.15) is 0 Å². The molecule has 1 saturated carbocycles. The Morgan fingerprint density at radius 3 is 2.73 bits per heavy atom. The van der Waals surface area contributed by atoms with E-state index < -0.39 is 47.7 Å². The second kappa shape index (κ2) is 6.35. The maximum atomic E-state index is 12.3. The normalized spacial score (nSPS) is 37.6. The summed E-state index contributed by atoms with van der Waals surface area (Å²) in [6, 6.07) is 0. The Balaban J connectivity index is 2.00. The van der Waals surface area contributed by atoms with Crippen molar-refractivity contribution in [2.24, 2.45) is 11.3 Å².